The maximum Gasteiger partial charge on any atom is 0.470 e. The van der Waals surface area contributed by atoms with Crippen LogP contribution in [0.2, 0.25) is 11.1 Å². The van der Waals surface area contributed by atoms with E-state index >= 15 is 0 Å². The van der Waals surface area contributed by atoms with Crippen molar-refractivity contribution in [2.24, 2.45) is 5.92 Å². The third-order valence-electron chi connectivity index (χ3n) is 2.68. The van der Waals surface area contributed by atoms with E-state index in [1.165, 1.54) is 0 Å². The van der Waals surface area contributed by atoms with Gasteiger partial charge in [0.1, 0.15) is 0 Å². The average molecular weight is 284 g/mol. The Morgan fingerprint density at radius 1 is 1.11 bits per heavy atom. The Balaban J connectivity index is 5.56. The third-order valence-corrected chi connectivity index (χ3v) is 7.39. The molecule has 108 valence electrons. The van der Waals surface area contributed by atoms with Crippen molar-refractivity contribution in [1.29, 1.82) is 0 Å². The monoisotopic (exact) mass is 284 g/mol. The average Bonchev–Trinajstić information content (AvgIpc) is 2.25. The summed E-state index contributed by atoms with van der Waals surface area (Å²) >= 11 is 0. The van der Waals surface area contributed by atoms with Crippen LogP contribution in [0.1, 0.15) is 34.6 Å². The van der Waals surface area contributed by atoms with Gasteiger partial charge < -0.3 is 8.85 Å². The first-order chi connectivity index (χ1) is 8.58. The normalized spacial score (nSPS) is 11.9. The Morgan fingerprint density at radius 2 is 1.47 bits per heavy atom. The highest BCUT2D eigenvalue weighted by atomic mass is 28.4. The molecule has 0 aliphatic heterocycles. The molecule has 0 spiro atoms. The van der Waals surface area contributed by atoms with Crippen molar-refractivity contribution in [3.8, 4) is 0 Å². The summed E-state index contributed by atoms with van der Waals surface area (Å²) in [6.07, 6.45) is 2.19. The van der Waals surface area contributed by atoms with Gasteiger partial charge in [0, 0.05) is 23.2 Å². The predicted molar refractivity (Wildman–Crippen MR) is 77.7 cm³/mol. The van der Waals surface area contributed by atoms with E-state index in [2.05, 4.69) is 13.2 Å². The molecule has 0 aromatic heterocycles. The molecule has 0 saturated carbocycles. The van der Waals surface area contributed by atoms with Gasteiger partial charge in [0.25, 0.3) is 0 Å². The standard InChI is InChI=1S/C14H24O4Si/c1-8-12(15)17-19(10-11(3)4,14(5,6)7)18-13(16)9-2/h8-9,11H,1-2,10H2,3-7H3. The number of hydrogen-bond acceptors (Lipinski definition) is 4. The Bertz CT molecular complexity index is 344. The molecular weight excluding hydrogens is 260 g/mol. The molecule has 4 nitrogen and oxygen atoms in total. The van der Waals surface area contributed by atoms with Crippen molar-refractivity contribution in [2.75, 3.05) is 0 Å². The van der Waals surface area contributed by atoms with Gasteiger partial charge in [0.05, 0.1) is 0 Å². The van der Waals surface area contributed by atoms with E-state index in [9.17, 15) is 9.59 Å². The minimum absolute atomic E-state index is 0.237. The van der Waals surface area contributed by atoms with Gasteiger partial charge in [-0.25, -0.2) is 9.59 Å². The summed E-state index contributed by atoms with van der Waals surface area (Å²) in [5, 5.41) is -0.436. The molecular formula is C14H24O4Si. The van der Waals surface area contributed by atoms with Crippen LogP contribution in [-0.2, 0) is 18.4 Å². The smallest absolute Gasteiger partial charge is 0.470 e. The van der Waals surface area contributed by atoms with E-state index < -0.39 is 25.5 Å². The summed E-state index contributed by atoms with van der Waals surface area (Å²) in [6, 6.07) is 0.537. The zero-order valence-corrected chi connectivity index (χ0v) is 13.5. The highest BCUT2D eigenvalue weighted by Gasteiger charge is 2.55. The molecule has 0 N–H and O–H groups in total. The van der Waals surface area contributed by atoms with Gasteiger partial charge in [-0.3, -0.25) is 0 Å². The molecule has 0 aromatic carbocycles. The molecule has 5 heteroatoms. The highest BCUT2D eigenvalue weighted by molar-refractivity contribution is 6.73. The van der Waals surface area contributed by atoms with Crippen LogP contribution in [0, 0.1) is 5.92 Å². The topological polar surface area (TPSA) is 52.6 Å². The van der Waals surface area contributed by atoms with Crippen molar-refractivity contribution < 1.29 is 18.4 Å². The van der Waals surface area contributed by atoms with Gasteiger partial charge in [-0.15, -0.1) is 0 Å². The van der Waals surface area contributed by atoms with E-state index in [0.717, 1.165) is 12.2 Å². The van der Waals surface area contributed by atoms with E-state index in [0.29, 0.717) is 6.04 Å². The van der Waals surface area contributed by atoms with Crippen molar-refractivity contribution >= 4 is 20.5 Å². The van der Waals surface area contributed by atoms with E-state index in [1.807, 2.05) is 34.6 Å². The Kier molecular flexibility index (Phi) is 6.22. The molecule has 0 bridgehead atoms. The molecule has 0 atom stereocenters. The maximum atomic E-state index is 11.6. The summed E-state index contributed by atoms with van der Waals surface area (Å²) in [7, 11) is -3.07. The molecule has 0 aliphatic rings. The van der Waals surface area contributed by atoms with E-state index in [1.54, 1.807) is 0 Å². The second-order valence-corrected chi connectivity index (χ2v) is 9.67. The molecule has 0 aliphatic carbocycles. The SMILES string of the molecule is C=CC(=O)O[Si](CC(C)C)(OC(=O)C=C)C(C)(C)C. The number of carbonyl (C=O) groups is 2. The lowest BCUT2D eigenvalue weighted by Crippen LogP contribution is -2.53. The summed E-state index contributed by atoms with van der Waals surface area (Å²) in [5.41, 5.74) is 0. The lowest BCUT2D eigenvalue weighted by molar-refractivity contribution is -0.136. The summed E-state index contributed by atoms with van der Waals surface area (Å²) in [6.45, 7) is 16.5. The summed E-state index contributed by atoms with van der Waals surface area (Å²) in [4.78, 5) is 23.2. The molecule has 0 radical (unpaired) electrons. The Hall–Kier alpha value is -1.36. The van der Waals surface area contributed by atoms with Crippen molar-refractivity contribution in [3.63, 3.8) is 0 Å². The fourth-order valence-corrected chi connectivity index (χ4v) is 4.99. The fourth-order valence-electron chi connectivity index (χ4n) is 1.66. The number of carbonyl (C=O) groups excluding carboxylic acids is 2. The van der Waals surface area contributed by atoms with E-state index in [-0.39, 0.29) is 5.92 Å². The van der Waals surface area contributed by atoms with Crippen molar-refractivity contribution in [1.82, 2.24) is 0 Å². The van der Waals surface area contributed by atoms with Crippen LogP contribution in [0.3, 0.4) is 0 Å². The second kappa shape index (κ2) is 6.70. The van der Waals surface area contributed by atoms with Crippen LogP contribution in [0.5, 0.6) is 0 Å². The highest BCUT2D eigenvalue weighted by Crippen LogP contribution is 2.42. The van der Waals surface area contributed by atoms with Gasteiger partial charge in [0.15, 0.2) is 0 Å². The minimum atomic E-state index is -3.07. The molecule has 0 unspecified atom stereocenters. The van der Waals surface area contributed by atoms with Gasteiger partial charge >= 0.3 is 20.5 Å². The van der Waals surface area contributed by atoms with Crippen molar-refractivity contribution in [3.05, 3.63) is 25.3 Å². The van der Waals surface area contributed by atoms with Crippen LogP contribution in [0.25, 0.3) is 0 Å². The Labute approximate surface area is 116 Å². The van der Waals surface area contributed by atoms with Crippen molar-refractivity contribution in [2.45, 2.75) is 45.7 Å². The number of hydrogen-bond donors (Lipinski definition) is 0. The van der Waals surface area contributed by atoms with E-state index in [4.69, 9.17) is 8.85 Å². The molecule has 0 aromatic rings. The van der Waals surface area contributed by atoms with Crippen LogP contribution in [0.4, 0.5) is 0 Å². The van der Waals surface area contributed by atoms with Crippen LogP contribution >= 0.6 is 0 Å². The van der Waals surface area contributed by atoms with Gasteiger partial charge in [-0.2, -0.15) is 0 Å². The molecule has 0 saturated heterocycles. The van der Waals surface area contributed by atoms with Crippen LogP contribution in [-0.4, -0.2) is 20.5 Å². The zero-order chi connectivity index (χ0) is 15.3. The summed E-state index contributed by atoms with van der Waals surface area (Å²) < 4.78 is 11.1. The minimum Gasteiger partial charge on any atom is -0.481 e. The molecule has 0 amide bonds. The van der Waals surface area contributed by atoms with Gasteiger partial charge in [-0.1, -0.05) is 47.8 Å². The second-order valence-electron chi connectivity index (χ2n) is 5.85. The van der Waals surface area contributed by atoms with Crippen LogP contribution < -0.4 is 0 Å². The molecule has 0 heterocycles. The predicted octanol–water partition coefficient (Wildman–Crippen LogP) is 3.34. The number of rotatable bonds is 6. The molecule has 0 fully saturated rings. The fraction of sp³-hybridized carbons (Fsp3) is 0.571. The van der Waals surface area contributed by atoms with Gasteiger partial charge in [0.2, 0.25) is 0 Å². The van der Waals surface area contributed by atoms with Crippen LogP contribution in [0.15, 0.2) is 25.3 Å². The largest absolute Gasteiger partial charge is 0.481 e. The molecule has 19 heavy (non-hydrogen) atoms. The first-order valence-corrected chi connectivity index (χ1v) is 8.31. The molecule has 0 rings (SSSR count). The quantitative estimate of drug-likeness (QED) is 0.554. The van der Waals surface area contributed by atoms with Gasteiger partial charge in [-0.05, 0) is 5.92 Å². The Morgan fingerprint density at radius 3 is 1.68 bits per heavy atom. The summed E-state index contributed by atoms with van der Waals surface area (Å²) in [5.74, 6) is -0.876. The lowest BCUT2D eigenvalue weighted by Gasteiger charge is -2.39. The zero-order valence-electron chi connectivity index (χ0n) is 12.5. The third kappa shape index (κ3) is 5.02. The lowest BCUT2D eigenvalue weighted by atomic mass is 10.2. The maximum absolute atomic E-state index is 11.6. The first-order valence-electron chi connectivity index (χ1n) is 6.29. The first kappa shape index (κ1) is 17.6.